The fourth-order valence-electron chi connectivity index (χ4n) is 2.66. The average Bonchev–Trinajstić information content (AvgIpc) is 2.66. The highest BCUT2D eigenvalue weighted by atomic mass is 35.5. The van der Waals surface area contributed by atoms with Gasteiger partial charge in [0.1, 0.15) is 0 Å². The maximum atomic E-state index is 12.9. The van der Waals surface area contributed by atoms with E-state index in [4.69, 9.17) is 11.6 Å². The number of carbonyl (C=O) groups is 1. The molecule has 0 aliphatic rings. The Bertz CT molecular complexity index is 1080. The molecule has 27 heavy (non-hydrogen) atoms. The number of nitrogens with zero attached hydrogens (tertiary/aromatic N) is 2. The summed E-state index contributed by atoms with van der Waals surface area (Å²) in [6, 6.07) is 13.8. The van der Waals surface area contributed by atoms with Gasteiger partial charge in [-0.3, -0.25) is 9.78 Å². The molecular weight excluding hydrogens is 386 g/mol. The van der Waals surface area contributed by atoms with Gasteiger partial charge >= 0.3 is 0 Å². The van der Waals surface area contributed by atoms with Crippen LogP contribution in [0.1, 0.15) is 5.56 Å². The first kappa shape index (κ1) is 19.3. The van der Waals surface area contributed by atoms with Gasteiger partial charge in [0.25, 0.3) is 0 Å². The predicted octanol–water partition coefficient (Wildman–Crippen LogP) is 2.83. The summed E-state index contributed by atoms with van der Waals surface area (Å²) in [6.07, 6.45) is 3.14. The summed E-state index contributed by atoms with van der Waals surface area (Å²) in [6.45, 7) is -0.0689. The van der Waals surface area contributed by atoms with E-state index in [9.17, 15) is 13.2 Å². The Labute approximate surface area is 162 Å². The fourth-order valence-corrected chi connectivity index (χ4v) is 4.20. The minimum Gasteiger partial charge on any atom is -0.351 e. The van der Waals surface area contributed by atoms with Gasteiger partial charge in [-0.15, -0.1) is 0 Å². The summed E-state index contributed by atoms with van der Waals surface area (Å²) in [5, 5.41) is 4.52. The van der Waals surface area contributed by atoms with Gasteiger partial charge in [0.15, 0.2) is 0 Å². The van der Waals surface area contributed by atoms with Crippen LogP contribution in [0.3, 0.4) is 0 Å². The topological polar surface area (TPSA) is 79.4 Å². The van der Waals surface area contributed by atoms with Crippen LogP contribution >= 0.6 is 11.6 Å². The highest BCUT2D eigenvalue weighted by Crippen LogP contribution is 2.24. The molecule has 2 aromatic carbocycles. The minimum atomic E-state index is -3.83. The molecule has 0 saturated carbocycles. The van der Waals surface area contributed by atoms with Crippen molar-refractivity contribution in [2.45, 2.75) is 11.4 Å². The number of aromatic nitrogens is 1. The predicted molar refractivity (Wildman–Crippen MR) is 105 cm³/mol. The number of nitrogens with one attached hydrogen (secondary N) is 1. The molecule has 1 heterocycles. The minimum absolute atomic E-state index is 0.142. The number of rotatable bonds is 6. The number of pyridine rings is 1. The van der Waals surface area contributed by atoms with Crippen LogP contribution in [0.15, 0.2) is 65.8 Å². The summed E-state index contributed by atoms with van der Waals surface area (Å²) < 4.78 is 26.9. The molecule has 0 aliphatic heterocycles. The molecule has 0 fully saturated rings. The monoisotopic (exact) mass is 403 g/mol. The SMILES string of the molecule is CN(CC(=O)NCc1ccccc1Cl)S(=O)(=O)c1cccc2cnccc12. The standard InChI is InChI=1S/C19H18ClN3O3S/c1-23(13-19(24)22-12-15-5-2-3-7-17(15)20)27(25,26)18-8-4-6-14-11-21-10-9-16(14)18/h2-11H,12-13H2,1H3,(H,22,24). The number of sulfonamides is 1. The van der Waals surface area contributed by atoms with Crippen LogP contribution < -0.4 is 5.32 Å². The van der Waals surface area contributed by atoms with Gasteiger partial charge in [-0.25, -0.2) is 8.42 Å². The number of likely N-dealkylation sites (N-methyl/N-ethyl adjacent to an activating group) is 1. The highest BCUT2D eigenvalue weighted by molar-refractivity contribution is 7.89. The van der Waals surface area contributed by atoms with E-state index in [2.05, 4.69) is 10.3 Å². The molecule has 1 amide bonds. The molecule has 0 aliphatic carbocycles. The molecule has 8 heteroatoms. The van der Waals surface area contributed by atoms with E-state index in [-0.39, 0.29) is 18.0 Å². The maximum Gasteiger partial charge on any atom is 0.243 e. The third-order valence-corrected chi connectivity index (χ3v) is 6.36. The lowest BCUT2D eigenvalue weighted by molar-refractivity contribution is -0.121. The van der Waals surface area contributed by atoms with Crippen molar-refractivity contribution in [1.29, 1.82) is 0 Å². The van der Waals surface area contributed by atoms with Crippen LogP contribution in [0.4, 0.5) is 0 Å². The van der Waals surface area contributed by atoms with E-state index in [1.54, 1.807) is 42.6 Å². The van der Waals surface area contributed by atoms with Gasteiger partial charge in [-0.1, -0.05) is 41.9 Å². The van der Waals surface area contributed by atoms with Gasteiger partial charge < -0.3 is 5.32 Å². The van der Waals surface area contributed by atoms with E-state index in [0.29, 0.717) is 10.4 Å². The Morgan fingerprint density at radius 2 is 1.93 bits per heavy atom. The van der Waals surface area contributed by atoms with Crippen molar-refractivity contribution in [2.24, 2.45) is 0 Å². The second kappa shape index (κ2) is 8.04. The van der Waals surface area contributed by atoms with Crippen molar-refractivity contribution in [2.75, 3.05) is 13.6 Å². The zero-order valence-electron chi connectivity index (χ0n) is 14.6. The second-order valence-corrected chi connectivity index (χ2v) is 8.40. The first-order valence-electron chi connectivity index (χ1n) is 8.19. The van der Waals surface area contributed by atoms with E-state index in [1.807, 2.05) is 6.07 Å². The zero-order valence-corrected chi connectivity index (χ0v) is 16.2. The zero-order chi connectivity index (χ0) is 19.4. The molecule has 1 N–H and O–H groups in total. The Morgan fingerprint density at radius 3 is 2.70 bits per heavy atom. The molecule has 1 aromatic heterocycles. The third-order valence-electron chi connectivity index (χ3n) is 4.13. The Morgan fingerprint density at radius 1 is 1.15 bits per heavy atom. The number of halogens is 1. The lowest BCUT2D eigenvalue weighted by Crippen LogP contribution is -2.38. The normalized spacial score (nSPS) is 11.7. The molecular formula is C19H18ClN3O3S. The van der Waals surface area contributed by atoms with Gasteiger partial charge in [0.2, 0.25) is 15.9 Å². The smallest absolute Gasteiger partial charge is 0.243 e. The molecule has 0 atom stereocenters. The number of amides is 1. The molecule has 0 saturated heterocycles. The van der Waals surface area contributed by atoms with Gasteiger partial charge in [0, 0.05) is 41.8 Å². The van der Waals surface area contributed by atoms with E-state index in [1.165, 1.54) is 19.3 Å². The lowest BCUT2D eigenvalue weighted by atomic mass is 10.2. The summed E-state index contributed by atoms with van der Waals surface area (Å²) in [4.78, 5) is 16.4. The number of benzene rings is 2. The molecule has 0 spiro atoms. The molecule has 0 unspecified atom stereocenters. The summed E-state index contributed by atoms with van der Waals surface area (Å²) in [5.41, 5.74) is 0.764. The fraction of sp³-hybridized carbons (Fsp3) is 0.158. The molecule has 0 radical (unpaired) electrons. The first-order chi connectivity index (χ1) is 12.9. The number of carbonyl (C=O) groups excluding carboxylic acids is 1. The lowest BCUT2D eigenvalue weighted by Gasteiger charge is -2.18. The molecule has 3 aromatic rings. The quantitative estimate of drug-likeness (QED) is 0.686. The third kappa shape index (κ3) is 4.27. The van der Waals surface area contributed by atoms with Crippen LogP contribution in [0.2, 0.25) is 5.02 Å². The number of fused-ring (bicyclic) bond motifs is 1. The van der Waals surface area contributed by atoms with Crippen molar-refractivity contribution in [3.05, 3.63) is 71.5 Å². The van der Waals surface area contributed by atoms with Crippen LogP contribution in [0.25, 0.3) is 10.8 Å². The van der Waals surface area contributed by atoms with Crippen LogP contribution in [-0.2, 0) is 21.4 Å². The molecule has 6 nitrogen and oxygen atoms in total. The first-order valence-corrected chi connectivity index (χ1v) is 10.0. The van der Waals surface area contributed by atoms with E-state index >= 15 is 0 Å². The Hall–Kier alpha value is -2.48. The highest BCUT2D eigenvalue weighted by Gasteiger charge is 2.24. The Balaban J connectivity index is 1.73. The Kier molecular flexibility index (Phi) is 5.74. The second-order valence-electron chi connectivity index (χ2n) is 5.98. The molecule has 3 rings (SSSR count). The summed E-state index contributed by atoms with van der Waals surface area (Å²) in [5.74, 6) is -0.414. The number of hydrogen-bond acceptors (Lipinski definition) is 4. The van der Waals surface area contributed by atoms with Crippen molar-refractivity contribution < 1.29 is 13.2 Å². The summed E-state index contributed by atoms with van der Waals surface area (Å²) in [7, 11) is -2.45. The van der Waals surface area contributed by atoms with Crippen molar-refractivity contribution in [1.82, 2.24) is 14.6 Å². The molecule has 140 valence electrons. The van der Waals surface area contributed by atoms with Gasteiger partial charge in [-0.05, 0) is 23.8 Å². The van der Waals surface area contributed by atoms with Crippen LogP contribution in [-0.4, -0.2) is 37.2 Å². The van der Waals surface area contributed by atoms with Gasteiger partial charge in [-0.2, -0.15) is 4.31 Å². The average molecular weight is 404 g/mol. The molecule has 0 bridgehead atoms. The maximum absolute atomic E-state index is 12.9. The summed E-state index contributed by atoms with van der Waals surface area (Å²) >= 11 is 6.06. The van der Waals surface area contributed by atoms with E-state index in [0.717, 1.165) is 15.3 Å². The van der Waals surface area contributed by atoms with Crippen molar-refractivity contribution in [3.8, 4) is 0 Å². The number of hydrogen-bond donors (Lipinski definition) is 1. The van der Waals surface area contributed by atoms with E-state index < -0.39 is 15.9 Å². The van der Waals surface area contributed by atoms with Crippen molar-refractivity contribution in [3.63, 3.8) is 0 Å². The van der Waals surface area contributed by atoms with Crippen LogP contribution in [0, 0.1) is 0 Å². The van der Waals surface area contributed by atoms with Gasteiger partial charge in [0.05, 0.1) is 11.4 Å². The van der Waals surface area contributed by atoms with Crippen LogP contribution in [0.5, 0.6) is 0 Å². The van der Waals surface area contributed by atoms with Crippen molar-refractivity contribution >= 4 is 38.3 Å². The largest absolute Gasteiger partial charge is 0.351 e.